The molecular formula is C30H49NO5S. The Morgan fingerprint density at radius 3 is 1.78 bits per heavy atom. The maximum absolute atomic E-state index is 12.2. The predicted molar refractivity (Wildman–Crippen MR) is 156 cm³/mol. The Morgan fingerprint density at radius 2 is 1.27 bits per heavy atom. The van der Waals surface area contributed by atoms with Crippen LogP contribution < -0.4 is 5.32 Å². The lowest BCUT2D eigenvalue weighted by Crippen LogP contribution is -2.46. The fraction of sp³-hybridized carbons (Fsp3) is 0.567. The first kappa shape index (κ1) is 34.8. The van der Waals surface area contributed by atoms with Gasteiger partial charge in [0.15, 0.2) is 0 Å². The third-order valence-corrected chi connectivity index (χ3v) is 6.20. The van der Waals surface area contributed by atoms with Gasteiger partial charge < -0.3 is 10.4 Å². The zero-order valence-corrected chi connectivity index (χ0v) is 23.6. The van der Waals surface area contributed by atoms with Crippen molar-refractivity contribution in [1.29, 1.82) is 0 Å². The maximum atomic E-state index is 12.2. The molecule has 0 aliphatic rings. The zero-order chi connectivity index (χ0) is 27.6. The van der Waals surface area contributed by atoms with Crippen LogP contribution in [0.2, 0.25) is 0 Å². The second-order valence-corrected chi connectivity index (χ2v) is 10.5. The zero-order valence-electron chi connectivity index (χ0n) is 22.8. The van der Waals surface area contributed by atoms with Gasteiger partial charge in [0.1, 0.15) is 0 Å². The molecule has 7 heteroatoms. The van der Waals surface area contributed by atoms with Crippen LogP contribution in [0, 0.1) is 0 Å². The number of carbonyl (C=O) groups excluding carboxylic acids is 1. The lowest BCUT2D eigenvalue weighted by Gasteiger charge is -2.20. The molecule has 0 radical (unpaired) electrons. The summed E-state index contributed by atoms with van der Waals surface area (Å²) in [5.41, 5.74) is 0. The second kappa shape index (κ2) is 24.1. The average Bonchev–Trinajstić information content (AvgIpc) is 2.84. The maximum Gasteiger partial charge on any atom is 0.267 e. The first-order valence-electron chi connectivity index (χ1n) is 13.6. The van der Waals surface area contributed by atoms with E-state index in [1.165, 1.54) is 25.3 Å². The second-order valence-electron chi connectivity index (χ2n) is 8.96. The monoisotopic (exact) mass is 535 g/mol. The van der Waals surface area contributed by atoms with E-state index >= 15 is 0 Å². The Labute approximate surface area is 225 Å². The number of allylic oxidation sites excluding steroid dienone is 10. The molecule has 2 unspecified atom stereocenters. The molecule has 6 nitrogen and oxygen atoms in total. The van der Waals surface area contributed by atoms with E-state index in [4.69, 9.17) is 0 Å². The van der Waals surface area contributed by atoms with Crippen molar-refractivity contribution in [3.63, 3.8) is 0 Å². The molecule has 0 aromatic heterocycles. The number of carbonyl (C=O) groups is 1. The van der Waals surface area contributed by atoms with Gasteiger partial charge in [-0.1, -0.05) is 112 Å². The van der Waals surface area contributed by atoms with Gasteiger partial charge in [-0.05, 0) is 44.9 Å². The Bertz CT molecular complexity index is 853. The van der Waals surface area contributed by atoms with Crippen molar-refractivity contribution in [2.45, 2.75) is 103 Å². The highest BCUT2D eigenvalue weighted by molar-refractivity contribution is 7.85. The molecular weight excluding hydrogens is 486 g/mol. The summed E-state index contributed by atoms with van der Waals surface area (Å²) in [6, 6.07) is -1.11. The summed E-state index contributed by atoms with van der Waals surface area (Å²) in [6.45, 7) is 4.28. The van der Waals surface area contributed by atoms with Crippen molar-refractivity contribution >= 4 is 16.0 Å². The molecule has 210 valence electrons. The van der Waals surface area contributed by atoms with Gasteiger partial charge in [0.25, 0.3) is 10.1 Å². The number of nitrogens with one attached hydrogen (secondary N) is 1. The van der Waals surface area contributed by atoms with Crippen LogP contribution in [0.3, 0.4) is 0 Å². The number of rotatable bonds is 22. The molecule has 0 bridgehead atoms. The summed E-state index contributed by atoms with van der Waals surface area (Å²) in [6.07, 6.45) is 33.6. The normalized spacial score (nSPS) is 14.8. The SMILES string of the molecule is CC/C=C\C/C=C\C/C=C\C/C=C\C/C=C\CC(=O)NC(CS(=O)(=O)O)C(O)/C=C/CCCCCCC. The van der Waals surface area contributed by atoms with Gasteiger partial charge in [-0.25, -0.2) is 0 Å². The van der Waals surface area contributed by atoms with Crippen molar-refractivity contribution in [2.75, 3.05) is 5.75 Å². The number of amides is 1. The van der Waals surface area contributed by atoms with E-state index in [1.54, 1.807) is 12.2 Å². The quantitative estimate of drug-likeness (QED) is 0.0805. The molecule has 2 atom stereocenters. The van der Waals surface area contributed by atoms with Gasteiger partial charge in [0.2, 0.25) is 5.91 Å². The summed E-state index contributed by atoms with van der Waals surface area (Å²) in [5.74, 6) is -1.16. The number of hydrogen-bond donors (Lipinski definition) is 3. The Balaban J connectivity index is 4.34. The van der Waals surface area contributed by atoms with Crippen molar-refractivity contribution in [3.8, 4) is 0 Å². The van der Waals surface area contributed by atoms with Gasteiger partial charge in [-0.2, -0.15) is 8.42 Å². The third-order valence-electron chi connectivity index (χ3n) is 5.42. The number of aliphatic hydroxyl groups excluding tert-OH is 1. The molecule has 0 aliphatic carbocycles. The van der Waals surface area contributed by atoms with E-state index in [9.17, 15) is 22.9 Å². The molecule has 1 amide bonds. The smallest absolute Gasteiger partial charge is 0.267 e. The van der Waals surface area contributed by atoms with Gasteiger partial charge in [0.05, 0.1) is 17.9 Å². The Kier molecular flexibility index (Phi) is 22.7. The minimum absolute atomic E-state index is 0.0589. The molecule has 0 spiro atoms. The summed E-state index contributed by atoms with van der Waals surface area (Å²) < 4.78 is 31.9. The third kappa shape index (κ3) is 25.2. The minimum atomic E-state index is -4.36. The number of unbranched alkanes of at least 4 members (excludes halogenated alkanes) is 5. The van der Waals surface area contributed by atoms with E-state index in [-0.39, 0.29) is 6.42 Å². The van der Waals surface area contributed by atoms with E-state index in [0.29, 0.717) is 6.42 Å². The molecule has 0 fully saturated rings. The molecule has 0 saturated heterocycles. The van der Waals surface area contributed by atoms with Crippen LogP contribution in [-0.4, -0.2) is 41.9 Å². The summed E-state index contributed by atoms with van der Waals surface area (Å²) in [4.78, 5) is 12.2. The van der Waals surface area contributed by atoms with Crippen molar-refractivity contribution < 1.29 is 22.9 Å². The molecule has 0 rings (SSSR count). The topological polar surface area (TPSA) is 104 Å². The van der Waals surface area contributed by atoms with Crippen LogP contribution in [0.5, 0.6) is 0 Å². The predicted octanol–water partition coefficient (Wildman–Crippen LogP) is 6.78. The molecule has 0 aliphatic heterocycles. The molecule has 0 heterocycles. The lowest BCUT2D eigenvalue weighted by atomic mass is 10.1. The summed E-state index contributed by atoms with van der Waals surface area (Å²) >= 11 is 0. The molecule has 0 aromatic rings. The van der Waals surface area contributed by atoms with Crippen LogP contribution in [0.15, 0.2) is 72.9 Å². The molecule has 37 heavy (non-hydrogen) atoms. The van der Waals surface area contributed by atoms with Crippen LogP contribution in [0.1, 0.15) is 90.9 Å². The van der Waals surface area contributed by atoms with Gasteiger partial charge >= 0.3 is 0 Å². The van der Waals surface area contributed by atoms with Crippen LogP contribution in [-0.2, 0) is 14.9 Å². The van der Waals surface area contributed by atoms with E-state index in [2.05, 4.69) is 61.7 Å². The van der Waals surface area contributed by atoms with Crippen molar-refractivity contribution in [2.24, 2.45) is 0 Å². The van der Waals surface area contributed by atoms with Crippen LogP contribution in [0.25, 0.3) is 0 Å². The van der Waals surface area contributed by atoms with E-state index in [1.807, 2.05) is 12.2 Å². The highest BCUT2D eigenvalue weighted by Gasteiger charge is 2.24. The van der Waals surface area contributed by atoms with Gasteiger partial charge in [0, 0.05) is 6.42 Å². The average molecular weight is 536 g/mol. The highest BCUT2D eigenvalue weighted by Crippen LogP contribution is 2.07. The minimum Gasteiger partial charge on any atom is -0.387 e. The van der Waals surface area contributed by atoms with Crippen LogP contribution in [0.4, 0.5) is 0 Å². The van der Waals surface area contributed by atoms with E-state index in [0.717, 1.165) is 44.9 Å². The summed E-state index contributed by atoms with van der Waals surface area (Å²) in [7, 11) is -4.36. The molecule has 3 N–H and O–H groups in total. The number of aliphatic hydroxyl groups is 1. The molecule has 0 aromatic carbocycles. The van der Waals surface area contributed by atoms with Crippen LogP contribution >= 0.6 is 0 Å². The van der Waals surface area contributed by atoms with Crippen molar-refractivity contribution in [3.05, 3.63) is 72.9 Å². The summed E-state index contributed by atoms with van der Waals surface area (Å²) in [5, 5.41) is 12.9. The van der Waals surface area contributed by atoms with Gasteiger partial charge in [-0.15, -0.1) is 0 Å². The first-order chi connectivity index (χ1) is 17.8. The Morgan fingerprint density at radius 1 is 0.757 bits per heavy atom. The highest BCUT2D eigenvalue weighted by atomic mass is 32.2. The fourth-order valence-electron chi connectivity index (χ4n) is 3.39. The largest absolute Gasteiger partial charge is 0.387 e. The van der Waals surface area contributed by atoms with E-state index < -0.39 is 33.9 Å². The standard InChI is InChI=1S/C30H49NO5S/c1-3-5-7-9-11-12-13-14-15-16-17-18-20-22-24-26-30(33)31-28(27-37(34,35)36)29(32)25-23-21-19-10-8-6-4-2/h5,7,11-12,14-15,17-18,22-25,28-29,32H,3-4,6,8-10,13,16,19-21,26-27H2,1-2H3,(H,31,33)(H,34,35,36)/b7-5-,12-11-,15-14-,18-17-,24-22-,25-23+. The lowest BCUT2D eigenvalue weighted by molar-refractivity contribution is -0.121. The number of hydrogen-bond acceptors (Lipinski definition) is 4. The van der Waals surface area contributed by atoms with Crippen molar-refractivity contribution in [1.82, 2.24) is 5.32 Å². The fourth-order valence-corrected chi connectivity index (χ4v) is 4.13. The van der Waals surface area contributed by atoms with Gasteiger partial charge in [-0.3, -0.25) is 9.35 Å². The molecule has 0 saturated carbocycles. The Hall–Kier alpha value is -2.22. The first-order valence-corrected chi connectivity index (χ1v) is 15.2.